The average molecular weight is 570 g/mol. The van der Waals surface area contributed by atoms with Crippen LogP contribution in [-0.4, -0.2) is 49.5 Å². The summed E-state index contributed by atoms with van der Waals surface area (Å²) in [6.45, 7) is 6.56. The molecule has 39 heavy (non-hydrogen) atoms. The van der Waals surface area contributed by atoms with E-state index >= 15 is 0 Å². The Morgan fingerprint density at radius 3 is 2.51 bits per heavy atom. The minimum atomic E-state index is -3.87. The number of ether oxygens (including phenoxy) is 1. The van der Waals surface area contributed by atoms with Crippen LogP contribution in [0.25, 0.3) is 12.2 Å². The molecule has 1 aromatic heterocycles. The Kier molecular flexibility index (Phi) is 7.84. The van der Waals surface area contributed by atoms with E-state index in [1.165, 1.54) is 4.31 Å². The Morgan fingerprint density at radius 2 is 1.82 bits per heavy atom. The molecule has 2 aliphatic heterocycles. The summed E-state index contributed by atoms with van der Waals surface area (Å²) in [7, 11) is -3.87. The molecule has 0 N–H and O–H groups in total. The second-order valence-corrected chi connectivity index (χ2v) is 12.4. The van der Waals surface area contributed by atoms with E-state index in [1.54, 1.807) is 42.2 Å². The number of hydrogen-bond donors (Lipinski definition) is 0. The molecule has 5 rings (SSSR count). The number of carbonyl (C=O) groups excluding carboxylic acids is 1. The van der Waals surface area contributed by atoms with Crippen LogP contribution in [0.5, 0.6) is 5.75 Å². The summed E-state index contributed by atoms with van der Waals surface area (Å²) < 4.78 is 40.2. The van der Waals surface area contributed by atoms with Crippen molar-refractivity contribution in [2.24, 2.45) is 5.92 Å². The molecule has 1 atom stereocenters. The lowest BCUT2D eigenvalue weighted by Crippen LogP contribution is -2.48. The molecule has 1 saturated heterocycles. The quantitative estimate of drug-likeness (QED) is 0.377. The summed E-state index contributed by atoms with van der Waals surface area (Å²) in [5.74, 6) is 0.502. The highest BCUT2D eigenvalue weighted by Gasteiger charge is 2.39. The van der Waals surface area contributed by atoms with Gasteiger partial charge in [-0.3, -0.25) is 4.79 Å². The topological polar surface area (TPSA) is 93.0 Å². The van der Waals surface area contributed by atoms with Gasteiger partial charge in [0, 0.05) is 24.0 Å². The van der Waals surface area contributed by atoms with E-state index in [9.17, 15) is 13.2 Å². The third kappa shape index (κ3) is 5.62. The summed E-state index contributed by atoms with van der Waals surface area (Å²) in [5, 5.41) is 4.47. The number of amides is 1. The van der Waals surface area contributed by atoms with Gasteiger partial charge in [0.2, 0.25) is 15.9 Å². The van der Waals surface area contributed by atoms with Gasteiger partial charge in [0.15, 0.2) is 10.7 Å². The smallest absolute Gasteiger partial charge is 0.248 e. The van der Waals surface area contributed by atoms with E-state index < -0.39 is 10.0 Å². The standard InChI is InChI=1S/C29H32ClN3O5S/c1-4-24-18-33(25-17-23(30)10-12-26(25)37-24)29(34)22-13-15-32(16-14-22)39(35,36)28-20(3)31-38-27(28)11-9-21-7-5-19(2)6-8-21/h5-12,17,22,24H,4,13-16,18H2,1-3H3/b11-9+. The van der Waals surface area contributed by atoms with Gasteiger partial charge in [0.1, 0.15) is 17.5 Å². The van der Waals surface area contributed by atoms with Crippen LogP contribution >= 0.6 is 11.6 Å². The van der Waals surface area contributed by atoms with Crippen LogP contribution in [0.2, 0.25) is 5.02 Å². The highest BCUT2D eigenvalue weighted by molar-refractivity contribution is 7.89. The zero-order valence-electron chi connectivity index (χ0n) is 22.3. The second kappa shape index (κ2) is 11.2. The van der Waals surface area contributed by atoms with Gasteiger partial charge in [0.05, 0.1) is 12.2 Å². The molecule has 3 heterocycles. The number of nitrogens with zero attached hydrogens (tertiary/aromatic N) is 3. The Hall–Kier alpha value is -3.14. The number of piperidine rings is 1. The SMILES string of the molecule is CCC1CN(C(=O)C2CCN(S(=O)(=O)c3c(C)noc3/C=C/c3ccc(C)cc3)CC2)c2cc(Cl)ccc2O1. The number of rotatable bonds is 6. The number of hydrogen-bond acceptors (Lipinski definition) is 6. The van der Waals surface area contributed by atoms with Gasteiger partial charge in [0.25, 0.3) is 0 Å². The van der Waals surface area contributed by atoms with E-state index in [0.29, 0.717) is 41.5 Å². The molecule has 0 bridgehead atoms. The number of benzene rings is 2. The van der Waals surface area contributed by atoms with Crippen molar-refractivity contribution in [3.63, 3.8) is 0 Å². The van der Waals surface area contributed by atoms with Crippen molar-refractivity contribution in [1.29, 1.82) is 0 Å². The fourth-order valence-electron chi connectivity index (χ4n) is 5.08. The number of halogens is 1. The summed E-state index contributed by atoms with van der Waals surface area (Å²) in [5.41, 5.74) is 3.04. The lowest BCUT2D eigenvalue weighted by Gasteiger charge is -2.38. The third-order valence-electron chi connectivity index (χ3n) is 7.35. The molecule has 2 aromatic carbocycles. The van der Waals surface area contributed by atoms with Crippen molar-refractivity contribution in [2.75, 3.05) is 24.5 Å². The van der Waals surface area contributed by atoms with Crippen molar-refractivity contribution >= 4 is 45.4 Å². The van der Waals surface area contributed by atoms with Crippen molar-refractivity contribution in [3.8, 4) is 5.75 Å². The molecule has 3 aromatic rings. The minimum absolute atomic E-state index is 0.0276. The Balaban J connectivity index is 1.31. The van der Waals surface area contributed by atoms with Crippen molar-refractivity contribution < 1.29 is 22.5 Å². The van der Waals surface area contributed by atoms with E-state index in [4.69, 9.17) is 20.9 Å². The molecule has 1 fully saturated rings. The summed E-state index contributed by atoms with van der Waals surface area (Å²) in [4.78, 5) is 15.5. The van der Waals surface area contributed by atoms with Gasteiger partial charge >= 0.3 is 0 Å². The normalized spacial score (nSPS) is 18.8. The van der Waals surface area contributed by atoms with Crippen molar-refractivity contribution in [1.82, 2.24) is 9.46 Å². The van der Waals surface area contributed by atoms with Crippen LogP contribution in [-0.2, 0) is 14.8 Å². The lowest BCUT2D eigenvalue weighted by atomic mass is 9.95. The van der Waals surface area contributed by atoms with Gasteiger partial charge in [-0.2, -0.15) is 4.31 Å². The van der Waals surface area contributed by atoms with E-state index in [1.807, 2.05) is 38.1 Å². The maximum absolute atomic E-state index is 13.7. The summed E-state index contributed by atoms with van der Waals surface area (Å²) >= 11 is 6.23. The molecular weight excluding hydrogens is 538 g/mol. The maximum atomic E-state index is 13.7. The first-order valence-electron chi connectivity index (χ1n) is 13.2. The van der Waals surface area contributed by atoms with Gasteiger partial charge < -0.3 is 14.2 Å². The van der Waals surface area contributed by atoms with E-state index in [2.05, 4.69) is 5.16 Å². The van der Waals surface area contributed by atoms with Gasteiger partial charge in [-0.1, -0.05) is 59.6 Å². The predicted octanol–water partition coefficient (Wildman–Crippen LogP) is 5.72. The minimum Gasteiger partial charge on any atom is -0.486 e. The zero-order valence-corrected chi connectivity index (χ0v) is 23.8. The van der Waals surface area contributed by atoms with Crippen LogP contribution in [0.4, 0.5) is 5.69 Å². The monoisotopic (exact) mass is 569 g/mol. The molecule has 0 spiro atoms. The summed E-state index contributed by atoms with van der Waals surface area (Å²) in [6.07, 6.45) is 4.94. The Morgan fingerprint density at radius 1 is 1.10 bits per heavy atom. The number of aromatic nitrogens is 1. The molecule has 0 aliphatic carbocycles. The van der Waals surface area contributed by atoms with Crippen LogP contribution < -0.4 is 9.64 Å². The fourth-order valence-corrected chi connectivity index (χ4v) is 6.97. The van der Waals surface area contributed by atoms with Crippen LogP contribution in [0, 0.1) is 19.8 Å². The molecular formula is C29H32ClN3O5S. The average Bonchev–Trinajstić information content (AvgIpc) is 3.32. The molecule has 1 unspecified atom stereocenters. The lowest BCUT2D eigenvalue weighted by molar-refractivity contribution is -0.124. The first-order valence-corrected chi connectivity index (χ1v) is 15.0. The number of aryl methyl sites for hydroxylation is 2. The number of carbonyl (C=O) groups is 1. The number of fused-ring (bicyclic) bond motifs is 1. The Bertz CT molecular complexity index is 1490. The van der Waals surface area contributed by atoms with Crippen LogP contribution in [0.15, 0.2) is 51.9 Å². The summed E-state index contributed by atoms with van der Waals surface area (Å²) in [6, 6.07) is 13.2. The third-order valence-corrected chi connectivity index (χ3v) is 9.64. The number of anilines is 1. The first-order chi connectivity index (χ1) is 18.7. The van der Waals surface area contributed by atoms with Gasteiger partial charge in [-0.25, -0.2) is 8.42 Å². The van der Waals surface area contributed by atoms with Gasteiger partial charge in [-0.05, 0) is 62.9 Å². The molecule has 1 amide bonds. The molecule has 2 aliphatic rings. The first kappa shape index (κ1) is 27.4. The highest BCUT2D eigenvalue weighted by Crippen LogP contribution is 2.38. The van der Waals surface area contributed by atoms with Gasteiger partial charge in [-0.15, -0.1) is 0 Å². The largest absolute Gasteiger partial charge is 0.486 e. The zero-order chi connectivity index (χ0) is 27.7. The fraction of sp³-hybridized carbons (Fsp3) is 0.379. The van der Waals surface area contributed by atoms with Crippen molar-refractivity contribution in [2.45, 2.75) is 51.0 Å². The van der Waals surface area contributed by atoms with Crippen molar-refractivity contribution in [3.05, 3.63) is 70.1 Å². The second-order valence-electron chi connectivity index (χ2n) is 10.1. The van der Waals surface area contributed by atoms with Crippen LogP contribution in [0.3, 0.4) is 0 Å². The molecule has 0 saturated carbocycles. The maximum Gasteiger partial charge on any atom is 0.248 e. The molecule has 206 valence electrons. The predicted molar refractivity (Wildman–Crippen MR) is 151 cm³/mol. The van der Waals surface area contributed by atoms with E-state index in [-0.39, 0.29) is 41.7 Å². The number of sulfonamides is 1. The molecule has 10 heteroatoms. The van der Waals surface area contributed by atoms with E-state index in [0.717, 1.165) is 17.5 Å². The molecule has 0 radical (unpaired) electrons. The highest BCUT2D eigenvalue weighted by atomic mass is 35.5. The van der Waals surface area contributed by atoms with Crippen LogP contribution in [0.1, 0.15) is 48.8 Å². The Labute approximate surface area is 234 Å². The molecule has 8 nitrogen and oxygen atoms in total.